The van der Waals surface area contributed by atoms with Gasteiger partial charge in [-0.1, -0.05) is 6.92 Å². The fourth-order valence-corrected chi connectivity index (χ4v) is 2.44. The van der Waals surface area contributed by atoms with E-state index in [0.29, 0.717) is 6.10 Å². The number of nitrogens with zero attached hydrogens (tertiary/aromatic N) is 3. The number of nitrogens with one attached hydrogen (secondary N) is 1. The van der Waals surface area contributed by atoms with Crippen LogP contribution in [-0.2, 0) is 11.3 Å². The molecular formula is C15H26N4O. The van der Waals surface area contributed by atoms with Gasteiger partial charge < -0.3 is 15.0 Å². The second kappa shape index (κ2) is 8.17. The molecule has 0 saturated carbocycles. The summed E-state index contributed by atoms with van der Waals surface area (Å²) < 4.78 is 5.71. The highest BCUT2D eigenvalue weighted by atomic mass is 16.5. The maximum absolute atomic E-state index is 5.71. The van der Waals surface area contributed by atoms with Gasteiger partial charge in [0.15, 0.2) is 0 Å². The van der Waals surface area contributed by atoms with Crippen molar-refractivity contribution in [2.75, 3.05) is 31.1 Å². The van der Waals surface area contributed by atoms with Gasteiger partial charge >= 0.3 is 0 Å². The smallest absolute Gasteiger partial charge is 0.147 e. The van der Waals surface area contributed by atoms with Crippen molar-refractivity contribution in [3.8, 4) is 0 Å². The lowest BCUT2D eigenvalue weighted by molar-refractivity contribution is 0.115. The lowest BCUT2D eigenvalue weighted by Crippen LogP contribution is -2.33. The Kier molecular flexibility index (Phi) is 6.21. The summed E-state index contributed by atoms with van der Waals surface area (Å²) in [5.74, 6) is 0.957. The molecule has 1 saturated heterocycles. The van der Waals surface area contributed by atoms with Crippen LogP contribution in [0.25, 0.3) is 0 Å². The van der Waals surface area contributed by atoms with Gasteiger partial charge in [0.05, 0.1) is 18.0 Å². The average Bonchev–Trinajstić information content (AvgIpc) is 2.98. The van der Waals surface area contributed by atoms with E-state index in [1.165, 1.54) is 6.42 Å². The summed E-state index contributed by atoms with van der Waals surface area (Å²) in [5.41, 5.74) is 1.00. The molecule has 2 rings (SSSR count). The van der Waals surface area contributed by atoms with Crippen LogP contribution in [0.3, 0.4) is 0 Å². The summed E-state index contributed by atoms with van der Waals surface area (Å²) in [6.45, 7) is 8.85. The first-order valence-corrected chi connectivity index (χ1v) is 7.71. The van der Waals surface area contributed by atoms with Crippen LogP contribution in [0.1, 0.15) is 38.8 Å². The van der Waals surface area contributed by atoms with Crippen molar-refractivity contribution in [3.63, 3.8) is 0 Å². The summed E-state index contributed by atoms with van der Waals surface area (Å²) in [5, 5.41) is 3.36. The van der Waals surface area contributed by atoms with Crippen LogP contribution in [0.5, 0.6) is 0 Å². The third-order valence-corrected chi connectivity index (χ3v) is 3.56. The number of likely N-dealkylation sites (N-methyl/N-ethyl adjacent to an activating group) is 1. The van der Waals surface area contributed by atoms with Crippen LogP contribution in [-0.4, -0.2) is 42.3 Å². The fraction of sp³-hybridized carbons (Fsp3) is 0.733. The highest BCUT2D eigenvalue weighted by molar-refractivity contribution is 5.36. The molecule has 2 heterocycles. The van der Waals surface area contributed by atoms with Crippen molar-refractivity contribution in [1.82, 2.24) is 15.3 Å². The predicted molar refractivity (Wildman–Crippen MR) is 80.9 cm³/mol. The first-order chi connectivity index (χ1) is 9.83. The first-order valence-electron chi connectivity index (χ1n) is 7.71. The number of hydrogen-bond acceptors (Lipinski definition) is 5. The Morgan fingerprint density at radius 2 is 2.30 bits per heavy atom. The molecule has 0 aliphatic carbocycles. The zero-order valence-corrected chi connectivity index (χ0v) is 12.6. The molecular weight excluding hydrogens is 252 g/mol. The van der Waals surface area contributed by atoms with Gasteiger partial charge in [0.2, 0.25) is 0 Å². The van der Waals surface area contributed by atoms with Crippen molar-refractivity contribution in [3.05, 3.63) is 18.1 Å². The van der Waals surface area contributed by atoms with E-state index in [1.54, 1.807) is 0 Å². The summed E-state index contributed by atoms with van der Waals surface area (Å²) in [6.07, 6.45) is 7.50. The average molecular weight is 278 g/mol. The molecule has 0 spiro atoms. The lowest BCUT2D eigenvalue weighted by atomic mass is 10.2. The molecule has 1 fully saturated rings. The largest absolute Gasteiger partial charge is 0.376 e. The maximum Gasteiger partial charge on any atom is 0.147 e. The molecule has 1 aromatic heterocycles. The van der Waals surface area contributed by atoms with E-state index in [-0.39, 0.29) is 0 Å². The van der Waals surface area contributed by atoms with E-state index in [9.17, 15) is 0 Å². The highest BCUT2D eigenvalue weighted by Crippen LogP contribution is 2.17. The molecule has 1 aromatic rings. The van der Waals surface area contributed by atoms with E-state index >= 15 is 0 Å². The Balaban J connectivity index is 1.95. The molecule has 5 heteroatoms. The molecule has 1 unspecified atom stereocenters. The van der Waals surface area contributed by atoms with E-state index in [1.807, 2.05) is 12.4 Å². The molecule has 1 aliphatic rings. The van der Waals surface area contributed by atoms with Gasteiger partial charge in [-0.25, -0.2) is 4.98 Å². The predicted octanol–water partition coefficient (Wildman–Crippen LogP) is 1.98. The molecule has 5 nitrogen and oxygen atoms in total. The third kappa shape index (κ3) is 4.42. The third-order valence-electron chi connectivity index (χ3n) is 3.56. The van der Waals surface area contributed by atoms with Gasteiger partial charge in [0, 0.05) is 32.4 Å². The Morgan fingerprint density at radius 1 is 1.40 bits per heavy atom. The van der Waals surface area contributed by atoms with Crippen LogP contribution in [0.4, 0.5) is 5.82 Å². The van der Waals surface area contributed by atoms with Gasteiger partial charge in [0.1, 0.15) is 5.82 Å². The van der Waals surface area contributed by atoms with Gasteiger partial charge in [-0.15, -0.1) is 0 Å². The number of anilines is 1. The minimum Gasteiger partial charge on any atom is -0.376 e. The lowest BCUT2D eigenvalue weighted by Gasteiger charge is -2.25. The van der Waals surface area contributed by atoms with E-state index in [4.69, 9.17) is 9.72 Å². The van der Waals surface area contributed by atoms with Crippen molar-refractivity contribution >= 4 is 5.82 Å². The zero-order valence-electron chi connectivity index (χ0n) is 12.6. The fourth-order valence-electron chi connectivity index (χ4n) is 2.44. The molecule has 20 heavy (non-hydrogen) atoms. The summed E-state index contributed by atoms with van der Waals surface area (Å²) >= 11 is 0. The highest BCUT2D eigenvalue weighted by Gasteiger charge is 2.19. The second-order valence-electron chi connectivity index (χ2n) is 5.22. The number of ether oxygens (including phenoxy) is 1. The van der Waals surface area contributed by atoms with Crippen LogP contribution in [0.2, 0.25) is 0 Å². The summed E-state index contributed by atoms with van der Waals surface area (Å²) in [4.78, 5) is 11.3. The zero-order chi connectivity index (χ0) is 14.2. The molecule has 0 bridgehead atoms. The van der Waals surface area contributed by atoms with E-state index in [0.717, 1.165) is 57.1 Å². The van der Waals surface area contributed by atoms with Crippen LogP contribution in [0, 0.1) is 0 Å². The van der Waals surface area contributed by atoms with Crippen molar-refractivity contribution in [2.45, 2.75) is 45.8 Å². The van der Waals surface area contributed by atoms with Crippen LogP contribution in [0.15, 0.2) is 12.4 Å². The molecule has 1 aliphatic heterocycles. The Hall–Kier alpha value is -1.20. The van der Waals surface area contributed by atoms with Crippen LogP contribution >= 0.6 is 0 Å². The van der Waals surface area contributed by atoms with Gasteiger partial charge in [-0.05, 0) is 32.7 Å². The minimum atomic E-state index is 0.346. The van der Waals surface area contributed by atoms with Crippen molar-refractivity contribution in [1.29, 1.82) is 0 Å². The van der Waals surface area contributed by atoms with Crippen LogP contribution < -0.4 is 10.2 Å². The number of aromatic nitrogens is 2. The van der Waals surface area contributed by atoms with E-state index in [2.05, 4.69) is 29.0 Å². The second-order valence-corrected chi connectivity index (χ2v) is 5.22. The monoisotopic (exact) mass is 278 g/mol. The SMILES string of the molecule is CCCNCc1cncc(N(CC)CC2CCCO2)n1. The molecule has 0 aromatic carbocycles. The summed E-state index contributed by atoms with van der Waals surface area (Å²) in [6, 6.07) is 0. The Labute approximate surface area is 121 Å². The quantitative estimate of drug-likeness (QED) is 0.737. The van der Waals surface area contributed by atoms with Crippen molar-refractivity contribution in [2.24, 2.45) is 0 Å². The molecule has 0 radical (unpaired) electrons. The topological polar surface area (TPSA) is 50.3 Å². The number of rotatable bonds is 8. The number of hydrogen-bond donors (Lipinski definition) is 1. The molecule has 1 N–H and O–H groups in total. The van der Waals surface area contributed by atoms with Gasteiger partial charge in [-0.3, -0.25) is 4.98 Å². The molecule has 0 amide bonds. The van der Waals surface area contributed by atoms with Gasteiger partial charge in [0.25, 0.3) is 0 Å². The first kappa shape index (κ1) is 15.2. The Morgan fingerprint density at radius 3 is 3.00 bits per heavy atom. The Bertz CT molecular complexity index is 393. The minimum absolute atomic E-state index is 0.346. The van der Waals surface area contributed by atoms with Crippen molar-refractivity contribution < 1.29 is 4.74 Å². The standard InChI is InChI=1S/C15H26N4O/c1-3-7-16-9-13-10-17-11-15(18-13)19(4-2)12-14-6-5-8-20-14/h10-11,14,16H,3-9,12H2,1-2H3. The molecule has 112 valence electrons. The van der Waals surface area contributed by atoms with Gasteiger partial charge in [-0.2, -0.15) is 0 Å². The maximum atomic E-state index is 5.71. The normalized spacial score (nSPS) is 18.4. The van der Waals surface area contributed by atoms with E-state index < -0.39 is 0 Å². The molecule has 1 atom stereocenters. The summed E-state index contributed by atoms with van der Waals surface area (Å²) in [7, 11) is 0.